The van der Waals surface area contributed by atoms with Gasteiger partial charge in [-0.05, 0) is 34.7 Å². The van der Waals surface area contributed by atoms with Crippen molar-refractivity contribution in [2.75, 3.05) is 5.73 Å². The first-order valence-corrected chi connectivity index (χ1v) is 5.66. The van der Waals surface area contributed by atoms with Crippen LogP contribution in [-0.2, 0) is 0 Å². The monoisotopic (exact) mass is 320 g/mol. The molecule has 6 heteroatoms. The van der Waals surface area contributed by atoms with Crippen molar-refractivity contribution < 1.29 is 4.92 Å². The van der Waals surface area contributed by atoms with E-state index in [1.54, 1.807) is 11.4 Å². The van der Waals surface area contributed by atoms with Crippen LogP contribution < -0.4 is 5.73 Å². The number of anilines is 1. The van der Waals surface area contributed by atoms with Crippen molar-refractivity contribution in [1.82, 2.24) is 0 Å². The van der Waals surface area contributed by atoms with Gasteiger partial charge in [-0.25, -0.2) is 0 Å². The Labute approximate surface area is 97.0 Å². The lowest BCUT2D eigenvalue weighted by Crippen LogP contribution is -1.88. The molecular formula is C8H5IN2O2S. The highest BCUT2D eigenvalue weighted by atomic mass is 127. The number of nitrogens with two attached hydrogens (primary N) is 1. The summed E-state index contributed by atoms with van der Waals surface area (Å²) in [6.45, 7) is 0. The normalized spacial score (nSPS) is 10.6. The molecule has 0 bridgehead atoms. The fourth-order valence-electron chi connectivity index (χ4n) is 1.24. The van der Waals surface area contributed by atoms with E-state index in [9.17, 15) is 10.1 Å². The number of benzene rings is 1. The summed E-state index contributed by atoms with van der Waals surface area (Å²) in [7, 11) is 0. The molecule has 2 rings (SSSR count). The van der Waals surface area contributed by atoms with E-state index >= 15 is 0 Å². The topological polar surface area (TPSA) is 69.2 Å². The highest BCUT2D eigenvalue weighted by molar-refractivity contribution is 14.1. The summed E-state index contributed by atoms with van der Waals surface area (Å²) in [4.78, 5) is 10.3. The Hall–Kier alpha value is -0.890. The molecule has 0 spiro atoms. The summed E-state index contributed by atoms with van der Waals surface area (Å²) in [6.07, 6.45) is 0. The van der Waals surface area contributed by atoms with Crippen molar-refractivity contribution in [2.24, 2.45) is 0 Å². The number of rotatable bonds is 1. The van der Waals surface area contributed by atoms with Crippen molar-refractivity contribution in [3.63, 3.8) is 0 Å². The zero-order chi connectivity index (χ0) is 10.3. The van der Waals surface area contributed by atoms with Gasteiger partial charge in [-0.15, -0.1) is 11.3 Å². The number of hydrogen-bond acceptors (Lipinski definition) is 4. The second-order valence-electron chi connectivity index (χ2n) is 2.76. The Balaban J connectivity index is 2.85. The van der Waals surface area contributed by atoms with Gasteiger partial charge in [0.2, 0.25) is 0 Å². The number of nitro groups is 1. The molecule has 0 aliphatic carbocycles. The summed E-state index contributed by atoms with van der Waals surface area (Å²) in [5.74, 6) is 0. The van der Waals surface area contributed by atoms with E-state index in [-0.39, 0.29) is 10.6 Å². The highest BCUT2D eigenvalue weighted by Gasteiger charge is 2.16. The third-order valence-electron chi connectivity index (χ3n) is 1.83. The number of hydrogen-bond donors (Lipinski definition) is 1. The first-order valence-electron chi connectivity index (χ1n) is 3.70. The van der Waals surface area contributed by atoms with Crippen molar-refractivity contribution in [3.05, 3.63) is 31.2 Å². The van der Waals surface area contributed by atoms with Gasteiger partial charge in [-0.1, -0.05) is 0 Å². The number of nitrogens with zero attached hydrogens (tertiary/aromatic N) is 1. The van der Waals surface area contributed by atoms with Crippen molar-refractivity contribution in [3.8, 4) is 0 Å². The molecule has 1 aromatic heterocycles. The zero-order valence-electron chi connectivity index (χ0n) is 6.86. The van der Waals surface area contributed by atoms with Crippen LogP contribution >= 0.6 is 33.9 Å². The van der Waals surface area contributed by atoms with Gasteiger partial charge < -0.3 is 5.73 Å². The lowest BCUT2D eigenvalue weighted by atomic mass is 10.2. The molecule has 0 fully saturated rings. The van der Waals surface area contributed by atoms with Crippen LogP contribution in [0.5, 0.6) is 0 Å². The fourth-order valence-corrected chi connectivity index (χ4v) is 3.18. The van der Waals surface area contributed by atoms with Crippen molar-refractivity contribution in [1.29, 1.82) is 0 Å². The third-order valence-corrected chi connectivity index (χ3v) is 4.06. The van der Waals surface area contributed by atoms with Gasteiger partial charge in [-0.3, -0.25) is 10.1 Å². The Kier molecular flexibility index (Phi) is 2.31. The summed E-state index contributed by atoms with van der Waals surface area (Å²) in [6, 6.07) is 3.45. The standard InChI is InChI=1S/C8H5IN2O2S/c9-6-2-4(10)1-5-7(11(12)13)3-14-8(5)6/h1-3H,10H2. The van der Waals surface area contributed by atoms with E-state index in [1.165, 1.54) is 11.3 Å². The maximum Gasteiger partial charge on any atom is 0.287 e. The van der Waals surface area contributed by atoms with E-state index < -0.39 is 0 Å². The molecule has 0 saturated carbocycles. The molecule has 2 aromatic rings. The lowest BCUT2D eigenvalue weighted by Gasteiger charge is -1.96. The molecule has 1 aromatic carbocycles. The molecule has 0 saturated heterocycles. The van der Waals surface area contributed by atoms with E-state index in [2.05, 4.69) is 22.6 Å². The van der Waals surface area contributed by atoms with E-state index in [0.717, 1.165) is 8.27 Å². The largest absolute Gasteiger partial charge is 0.399 e. The summed E-state index contributed by atoms with van der Waals surface area (Å²) < 4.78 is 1.88. The minimum Gasteiger partial charge on any atom is -0.399 e. The maximum atomic E-state index is 10.7. The molecule has 0 aliphatic rings. The SMILES string of the molecule is Nc1cc(I)c2scc([N+](=O)[O-])c2c1. The molecule has 14 heavy (non-hydrogen) atoms. The number of fused-ring (bicyclic) bond motifs is 1. The Morgan fingerprint density at radius 1 is 1.50 bits per heavy atom. The summed E-state index contributed by atoms with van der Waals surface area (Å²) >= 11 is 3.50. The van der Waals surface area contributed by atoms with Crippen LogP contribution in [0.3, 0.4) is 0 Å². The minimum absolute atomic E-state index is 0.134. The predicted molar refractivity (Wildman–Crippen MR) is 65.6 cm³/mol. The second kappa shape index (κ2) is 3.35. The van der Waals surface area contributed by atoms with Gasteiger partial charge >= 0.3 is 0 Å². The second-order valence-corrected chi connectivity index (χ2v) is 4.80. The summed E-state index contributed by atoms with van der Waals surface area (Å²) in [5, 5.41) is 12.8. The third kappa shape index (κ3) is 1.44. The molecule has 1 heterocycles. The van der Waals surface area contributed by atoms with Crippen LogP contribution in [0.2, 0.25) is 0 Å². The molecule has 72 valence electrons. The quantitative estimate of drug-likeness (QED) is 0.380. The van der Waals surface area contributed by atoms with Gasteiger partial charge in [-0.2, -0.15) is 0 Å². The smallest absolute Gasteiger partial charge is 0.287 e. The van der Waals surface area contributed by atoms with Crippen LogP contribution in [0.25, 0.3) is 10.1 Å². The van der Waals surface area contributed by atoms with E-state index in [4.69, 9.17) is 5.73 Å². The van der Waals surface area contributed by atoms with Gasteiger partial charge in [0.05, 0.1) is 20.4 Å². The number of nitrogen functional groups attached to an aromatic ring is 1. The van der Waals surface area contributed by atoms with Gasteiger partial charge in [0.1, 0.15) is 0 Å². The van der Waals surface area contributed by atoms with E-state index in [1.807, 2.05) is 6.07 Å². The predicted octanol–water partition coefficient (Wildman–Crippen LogP) is 3.00. The maximum absolute atomic E-state index is 10.7. The summed E-state index contributed by atoms with van der Waals surface area (Å²) in [5.41, 5.74) is 6.32. The average molecular weight is 320 g/mol. The highest BCUT2D eigenvalue weighted by Crippen LogP contribution is 2.36. The first-order chi connectivity index (χ1) is 6.59. The lowest BCUT2D eigenvalue weighted by molar-refractivity contribution is -0.382. The van der Waals surface area contributed by atoms with Crippen LogP contribution in [0.15, 0.2) is 17.5 Å². The molecule has 0 amide bonds. The number of thiophene rings is 1. The van der Waals surface area contributed by atoms with Crippen LogP contribution in [0.1, 0.15) is 0 Å². The average Bonchev–Trinajstić information content (AvgIpc) is 2.47. The number of halogens is 1. The van der Waals surface area contributed by atoms with Crippen LogP contribution in [-0.4, -0.2) is 4.92 Å². The Morgan fingerprint density at radius 3 is 2.86 bits per heavy atom. The molecule has 4 nitrogen and oxygen atoms in total. The first kappa shape index (κ1) is 9.66. The Morgan fingerprint density at radius 2 is 2.21 bits per heavy atom. The van der Waals surface area contributed by atoms with Crippen molar-refractivity contribution >= 4 is 55.4 Å². The zero-order valence-corrected chi connectivity index (χ0v) is 9.83. The van der Waals surface area contributed by atoms with Crippen LogP contribution in [0, 0.1) is 13.7 Å². The molecular weight excluding hydrogens is 315 g/mol. The Bertz CT molecular complexity index is 523. The molecule has 0 aliphatic heterocycles. The molecule has 0 unspecified atom stereocenters. The molecule has 0 atom stereocenters. The molecule has 2 N–H and O–H groups in total. The van der Waals surface area contributed by atoms with Gasteiger partial charge in [0.15, 0.2) is 0 Å². The van der Waals surface area contributed by atoms with Gasteiger partial charge in [0, 0.05) is 9.26 Å². The van der Waals surface area contributed by atoms with Gasteiger partial charge in [0.25, 0.3) is 5.69 Å². The van der Waals surface area contributed by atoms with Crippen molar-refractivity contribution in [2.45, 2.75) is 0 Å². The van der Waals surface area contributed by atoms with Crippen LogP contribution in [0.4, 0.5) is 11.4 Å². The molecule has 0 radical (unpaired) electrons. The minimum atomic E-state index is -0.381. The van der Waals surface area contributed by atoms with E-state index in [0.29, 0.717) is 11.1 Å². The fraction of sp³-hybridized carbons (Fsp3) is 0.